The van der Waals surface area contributed by atoms with E-state index in [1.165, 1.54) is 18.3 Å². The molecule has 0 spiro atoms. The number of hydrogen-bond donors (Lipinski definition) is 2. The molecule has 2 N–H and O–H groups in total. The van der Waals surface area contributed by atoms with Crippen LogP contribution in [0.15, 0.2) is 48.5 Å². The van der Waals surface area contributed by atoms with Crippen LogP contribution in [0, 0.1) is 13.8 Å². The summed E-state index contributed by atoms with van der Waals surface area (Å²) in [5.74, 6) is -0.390. The molecule has 3 rings (SSSR count). The summed E-state index contributed by atoms with van der Waals surface area (Å²) in [6, 6.07) is 14.8. The predicted molar refractivity (Wildman–Crippen MR) is 118 cm³/mol. The maximum Gasteiger partial charge on any atom is 0.228 e. The van der Waals surface area contributed by atoms with E-state index in [0.717, 1.165) is 27.3 Å². The number of halogens is 1. The summed E-state index contributed by atoms with van der Waals surface area (Å²) in [5.41, 5.74) is 3.77. The van der Waals surface area contributed by atoms with E-state index in [2.05, 4.69) is 15.6 Å². The summed E-state index contributed by atoms with van der Waals surface area (Å²) in [5, 5.41) is 6.90. The van der Waals surface area contributed by atoms with Crippen LogP contribution in [-0.4, -0.2) is 16.8 Å². The van der Waals surface area contributed by atoms with E-state index in [9.17, 15) is 9.59 Å². The zero-order chi connectivity index (χ0) is 21.0. The van der Waals surface area contributed by atoms with Crippen LogP contribution < -0.4 is 10.6 Å². The van der Waals surface area contributed by atoms with Gasteiger partial charge in [-0.05, 0) is 31.5 Å². The van der Waals surface area contributed by atoms with Crippen LogP contribution in [0.2, 0.25) is 5.02 Å². The number of thiazole rings is 1. The zero-order valence-corrected chi connectivity index (χ0v) is 18.0. The number of aryl methyl sites for hydroxylation is 2. The van der Waals surface area contributed by atoms with Crippen LogP contribution in [0.25, 0.3) is 11.3 Å². The monoisotopic (exact) mass is 427 g/mol. The second-order valence-corrected chi connectivity index (χ2v) is 8.49. The molecule has 2 aromatic carbocycles. The molecule has 0 aliphatic carbocycles. The molecule has 1 aromatic heterocycles. The van der Waals surface area contributed by atoms with Gasteiger partial charge in [0.15, 0.2) is 5.13 Å². The van der Waals surface area contributed by atoms with Crippen LogP contribution in [0.3, 0.4) is 0 Å². The number of carbonyl (C=O) groups is 2. The van der Waals surface area contributed by atoms with Crippen LogP contribution in [0.5, 0.6) is 0 Å². The minimum absolute atomic E-state index is 0.123. The fraction of sp³-hybridized carbons (Fsp3) is 0.227. The van der Waals surface area contributed by atoms with Gasteiger partial charge in [-0.3, -0.25) is 9.59 Å². The van der Waals surface area contributed by atoms with Crippen LogP contribution in [0.4, 0.5) is 5.13 Å². The van der Waals surface area contributed by atoms with Crippen molar-refractivity contribution in [1.82, 2.24) is 10.3 Å². The third-order valence-corrected chi connectivity index (χ3v) is 5.55. The smallest absolute Gasteiger partial charge is 0.228 e. The van der Waals surface area contributed by atoms with Crippen molar-refractivity contribution in [1.29, 1.82) is 0 Å². The van der Waals surface area contributed by atoms with Crippen LogP contribution in [-0.2, 0) is 9.59 Å². The number of hydrogen-bond acceptors (Lipinski definition) is 4. The van der Waals surface area contributed by atoms with E-state index >= 15 is 0 Å². The van der Waals surface area contributed by atoms with Gasteiger partial charge in [0.05, 0.1) is 18.2 Å². The summed E-state index contributed by atoms with van der Waals surface area (Å²) in [6.07, 6.45) is 0.123. The Morgan fingerprint density at radius 1 is 1.07 bits per heavy atom. The molecule has 29 heavy (non-hydrogen) atoms. The van der Waals surface area contributed by atoms with E-state index in [4.69, 9.17) is 11.6 Å². The third kappa shape index (κ3) is 5.65. The first-order chi connectivity index (χ1) is 13.8. The second kappa shape index (κ2) is 9.20. The molecule has 0 bridgehead atoms. The molecule has 0 saturated carbocycles. The molecule has 7 heteroatoms. The highest BCUT2D eigenvalue weighted by Gasteiger charge is 2.19. The van der Waals surface area contributed by atoms with E-state index in [0.29, 0.717) is 10.2 Å². The number of amides is 2. The average molecular weight is 428 g/mol. The Labute approximate surface area is 179 Å². The minimum atomic E-state index is -0.398. The largest absolute Gasteiger partial charge is 0.349 e. The highest BCUT2D eigenvalue weighted by molar-refractivity contribution is 7.16. The van der Waals surface area contributed by atoms with Crippen molar-refractivity contribution in [2.24, 2.45) is 0 Å². The van der Waals surface area contributed by atoms with Gasteiger partial charge in [-0.15, -0.1) is 11.3 Å². The van der Waals surface area contributed by atoms with Crippen molar-refractivity contribution in [2.75, 3.05) is 5.32 Å². The Kier molecular flexibility index (Phi) is 6.67. The maximum absolute atomic E-state index is 12.6. The fourth-order valence-electron chi connectivity index (χ4n) is 2.98. The summed E-state index contributed by atoms with van der Waals surface area (Å²) in [6.45, 7) is 5.40. The van der Waals surface area contributed by atoms with Crippen molar-refractivity contribution in [2.45, 2.75) is 33.2 Å². The molecule has 1 unspecified atom stereocenters. The first-order valence-corrected chi connectivity index (χ1v) is 10.4. The Balaban J connectivity index is 1.73. The fourth-order valence-corrected chi connectivity index (χ4v) is 3.96. The van der Waals surface area contributed by atoms with Crippen LogP contribution >= 0.6 is 22.9 Å². The van der Waals surface area contributed by atoms with Crippen molar-refractivity contribution in [3.63, 3.8) is 0 Å². The van der Waals surface area contributed by atoms with Gasteiger partial charge in [-0.1, -0.05) is 53.6 Å². The van der Waals surface area contributed by atoms with E-state index in [1.54, 1.807) is 0 Å². The van der Waals surface area contributed by atoms with Crippen molar-refractivity contribution < 1.29 is 9.59 Å². The molecule has 0 fully saturated rings. The molecule has 0 saturated heterocycles. The summed E-state index contributed by atoms with van der Waals surface area (Å²) in [4.78, 5) is 29.8. The standard InChI is InChI=1S/C22H22ClN3O2S/c1-13-4-6-16(7-5-13)19(24-15(3)27)12-20(28)25-22-26-21(14(2)29-22)17-8-10-18(23)11-9-17/h4-11,19H,12H2,1-3H3,(H,24,27)(H,25,26,28). The van der Waals surface area contributed by atoms with Gasteiger partial charge in [0.2, 0.25) is 11.8 Å². The molecule has 150 valence electrons. The van der Waals surface area contributed by atoms with Gasteiger partial charge in [0.1, 0.15) is 0 Å². The lowest BCUT2D eigenvalue weighted by Crippen LogP contribution is -2.29. The molecule has 2 amide bonds. The average Bonchev–Trinajstić information content (AvgIpc) is 3.02. The molecule has 0 aliphatic rings. The first-order valence-electron chi connectivity index (χ1n) is 9.18. The Morgan fingerprint density at radius 2 is 1.72 bits per heavy atom. The van der Waals surface area contributed by atoms with Gasteiger partial charge < -0.3 is 10.6 Å². The molecular formula is C22H22ClN3O2S. The van der Waals surface area contributed by atoms with Gasteiger partial charge in [-0.25, -0.2) is 4.98 Å². The van der Waals surface area contributed by atoms with Gasteiger partial charge in [-0.2, -0.15) is 0 Å². The second-order valence-electron chi connectivity index (χ2n) is 6.85. The number of nitrogens with zero attached hydrogens (tertiary/aromatic N) is 1. The summed E-state index contributed by atoms with van der Waals surface area (Å²) in [7, 11) is 0. The minimum Gasteiger partial charge on any atom is -0.349 e. The number of benzene rings is 2. The molecule has 5 nitrogen and oxygen atoms in total. The molecule has 0 aliphatic heterocycles. The van der Waals surface area contributed by atoms with Gasteiger partial charge in [0.25, 0.3) is 0 Å². The van der Waals surface area contributed by atoms with Gasteiger partial charge in [0, 0.05) is 22.4 Å². The lowest BCUT2D eigenvalue weighted by Gasteiger charge is -2.18. The Morgan fingerprint density at radius 3 is 2.34 bits per heavy atom. The lowest BCUT2D eigenvalue weighted by molar-refractivity contribution is -0.120. The Hall–Kier alpha value is -2.70. The number of carbonyl (C=O) groups excluding carboxylic acids is 2. The van der Waals surface area contributed by atoms with Gasteiger partial charge >= 0.3 is 0 Å². The van der Waals surface area contributed by atoms with E-state index in [1.807, 2.05) is 62.4 Å². The number of rotatable bonds is 6. The maximum atomic E-state index is 12.6. The van der Waals surface area contributed by atoms with E-state index in [-0.39, 0.29) is 18.2 Å². The van der Waals surface area contributed by atoms with Crippen molar-refractivity contribution >= 4 is 39.9 Å². The molecule has 1 heterocycles. The van der Waals surface area contributed by atoms with Crippen LogP contribution in [0.1, 0.15) is 35.4 Å². The zero-order valence-electron chi connectivity index (χ0n) is 16.5. The van der Waals surface area contributed by atoms with Crippen molar-refractivity contribution in [3.8, 4) is 11.3 Å². The SMILES string of the molecule is CC(=O)NC(CC(=O)Nc1nc(-c2ccc(Cl)cc2)c(C)s1)c1ccc(C)cc1. The van der Waals surface area contributed by atoms with E-state index < -0.39 is 6.04 Å². The first kappa shape index (κ1) is 21.0. The molecule has 1 atom stereocenters. The molecule has 3 aromatic rings. The molecular weight excluding hydrogens is 406 g/mol. The third-order valence-electron chi connectivity index (χ3n) is 4.41. The number of nitrogens with one attached hydrogen (secondary N) is 2. The summed E-state index contributed by atoms with van der Waals surface area (Å²) < 4.78 is 0. The number of anilines is 1. The predicted octanol–water partition coefficient (Wildman–Crippen LogP) is 5.29. The Bertz CT molecular complexity index is 1010. The quantitative estimate of drug-likeness (QED) is 0.561. The highest BCUT2D eigenvalue weighted by Crippen LogP contribution is 2.31. The topological polar surface area (TPSA) is 71.1 Å². The molecule has 0 radical (unpaired) electrons. The highest BCUT2D eigenvalue weighted by atomic mass is 35.5. The summed E-state index contributed by atoms with van der Waals surface area (Å²) >= 11 is 7.37. The van der Waals surface area contributed by atoms with Crippen molar-refractivity contribution in [3.05, 3.63) is 69.6 Å². The lowest BCUT2D eigenvalue weighted by atomic mass is 10.0. The normalized spacial score (nSPS) is 11.7. The number of aromatic nitrogens is 1.